The van der Waals surface area contributed by atoms with Gasteiger partial charge in [0, 0.05) is 26.1 Å². The number of hydrogen-bond donors (Lipinski definition) is 1. The Morgan fingerprint density at radius 3 is 2.33 bits per heavy atom. The van der Waals surface area contributed by atoms with Crippen LogP contribution in [-0.4, -0.2) is 37.0 Å². The summed E-state index contributed by atoms with van der Waals surface area (Å²) in [6.45, 7) is 10.0. The maximum Gasteiger partial charge on any atom is 0.223 e. The molecule has 0 heterocycles. The first-order valence-electron chi connectivity index (χ1n) is 7.65. The Hall–Kier alpha value is -0.570. The van der Waals surface area contributed by atoms with E-state index in [0.29, 0.717) is 6.42 Å². The van der Waals surface area contributed by atoms with Gasteiger partial charge in [0.15, 0.2) is 0 Å². The predicted octanol–water partition coefficient (Wildman–Crippen LogP) is 2.66. The Morgan fingerprint density at radius 2 is 1.78 bits per heavy atom. The van der Waals surface area contributed by atoms with Crippen LogP contribution in [0.2, 0.25) is 0 Å². The molecule has 0 aromatic carbocycles. The summed E-state index contributed by atoms with van der Waals surface area (Å²) in [5, 5.41) is 3.46. The van der Waals surface area contributed by atoms with Gasteiger partial charge in [-0.2, -0.15) is 0 Å². The lowest BCUT2D eigenvalue weighted by Crippen LogP contribution is -2.34. The molecule has 1 amide bonds. The number of carbonyl (C=O) groups excluding carboxylic acids is 1. The van der Waals surface area contributed by atoms with Gasteiger partial charge in [-0.25, -0.2) is 0 Å². The summed E-state index contributed by atoms with van der Waals surface area (Å²) < 4.78 is 0. The minimum Gasteiger partial charge on any atom is -0.343 e. The van der Waals surface area contributed by atoms with Crippen molar-refractivity contribution in [1.82, 2.24) is 10.2 Å². The Morgan fingerprint density at radius 1 is 1.17 bits per heavy atom. The SMILES string of the molecule is CCN(CC)C(=O)CCNCC1CCC(C)CC1. The van der Waals surface area contributed by atoms with Crippen LogP contribution in [0.4, 0.5) is 0 Å². The molecule has 0 unspecified atom stereocenters. The van der Waals surface area contributed by atoms with Crippen molar-refractivity contribution in [1.29, 1.82) is 0 Å². The number of nitrogens with one attached hydrogen (secondary N) is 1. The fourth-order valence-corrected chi connectivity index (χ4v) is 2.77. The average molecular weight is 254 g/mol. The standard InChI is InChI=1S/C15H30N2O/c1-4-17(5-2)15(18)10-11-16-12-14-8-6-13(3)7-9-14/h13-14,16H,4-12H2,1-3H3. The van der Waals surface area contributed by atoms with Gasteiger partial charge in [0.05, 0.1) is 0 Å². The van der Waals surface area contributed by atoms with E-state index in [-0.39, 0.29) is 5.91 Å². The second-order valence-corrected chi connectivity index (χ2v) is 5.65. The van der Waals surface area contributed by atoms with Crippen LogP contribution in [0.3, 0.4) is 0 Å². The molecule has 3 nitrogen and oxygen atoms in total. The molecule has 1 saturated carbocycles. The fourth-order valence-electron chi connectivity index (χ4n) is 2.77. The monoisotopic (exact) mass is 254 g/mol. The minimum atomic E-state index is 0.282. The van der Waals surface area contributed by atoms with E-state index in [1.54, 1.807) is 0 Å². The van der Waals surface area contributed by atoms with Gasteiger partial charge in [-0.1, -0.05) is 19.8 Å². The first-order chi connectivity index (χ1) is 8.67. The molecule has 0 radical (unpaired) electrons. The largest absolute Gasteiger partial charge is 0.343 e. The van der Waals surface area contributed by atoms with Crippen LogP contribution < -0.4 is 5.32 Å². The molecule has 1 rings (SSSR count). The van der Waals surface area contributed by atoms with E-state index >= 15 is 0 Å². The van der Waals surface area contributed by atoms with Crippen molar-refractivity contribution >= 4 is 5.91 Å². The van der Waals surface area contributed by atoms with E-state index in [1.807, 2.05) is 18.7 Å². The van der Waals surface area contributed by atoms with E-state index in [4.69, 9.17) is 0 Å². The Kier molecular flexibility index (Phi) is 7.33. The number of rotatable bonds is 7. The van der Waals surface area contributed by atoms with Crippen molar-refractivity contribution in [2.24, 2.45) is 11.8 Å². The van der Waals surface area contributed by atoms with E-state index in [9.17, 15) is 4.79 Å². The predicted molar refractivity (Wildman–Crippen MR) is 76.5 cm³/mol. The van der Waals surface area contributed by atoms with E-state index in [2.05, 4.69) is 12.2 Å². The molecule has 0 saturated heterocycles. The first kappa shape index (κ1) is 15.5. The van der Waals surface area contributed by atoms with Crippen LogP contribution in [-0.2, 0) is 4.79 Å². The molecule has 3 heteroatoms. The summed E-state index contributed by atoms with van der Waals surface area (Å²) in [5.74, 6) is 2.04. The molecule has 106 valence electrons. The molecule has 1 aliphatic rings. The van der Waals surface area contributed by atoms with Crippen molar-refractivity contribution in [3.05, 3.63) is 0 Å². The molecule has 0 atom stereocenters. The fraction of sp³-hybridized carbons (Fsp3) is 0.933. The van der Waals surface area contributed by atoms with Crippen LogP contribution in [0.5, 0.6) is 0 Å². The molecule has 1 N–H and O–H groups in total. The Bertz CT molecular complexity index is 231. The third-order valence-corrected chi connectivity index (χ3v) is 4.20. The normalized spacial score (nSPS) is 23.9. The molecule has 0 spiro atoms. The van der Waals surface area contributed by atoms with E-state index < -0.39 is 0 Å². The molecule has 0 aromatic heterocycles. The maximum absolute atomic E-state index is 11.8. The molecule has 1 fully saturated rings. The first-order valence-corrected chi connectivity index (χ1v) is 7.65. The summed E-state index contributed by atoms with van der Waals surface area (Å²) in [6, 6.07) is 0. The molecule has 0 aliphatic heterocycles. The lowest BCUT2D eigenvalue weighted by Gasteiger charge is -2.26. The average Bonchev–Trinajstić information content (AvgIpc) is 2.38. The second-order valence-electron chi connectivity index (χ2n) is 5.65. The van der Waals surface area contributed by atoms with Crippen molar-refractivity contribution in [3.8, 4) is 0 Å². The van der Waals surface area contributed by atoms with Gasteiger partial charge in [0.2, 0.25) is 5.91 Å². The lowest BCUT2D eigenvalue weighted by molar-refractivity contribution is -0.130. The highest BCUT2D eigenvalue weighted by Crippen LogP contribution is 2.27. The minimum absolute atomic E-state index is 0.282. The van der Waals surface area contributed by atoms with Crippen molar-refractivity contribution in [3.63, 3.8) is 0 Å². The zero-order valence-electron chi connectivity index (χ0n) is 12.4. The molecular formula is C15H30N2O. The van der Waals surface area contributed by atoms with Crippen molar-refractivity contribution in [2.75, 3.05) is 26.2 Å². The number of hydrogen-bond acceptors (Lipinski definition) is 2. The van der Waals surface area contributed by atoms with E-state index in [0.717, 1.165) is 38.0 Å². The zero-order chi connectivity index (χ0) is 13.4. The van der Waals surface area contributed by atoms with Crippen LogP contribution in [0.1, 0.15) is 52.9 Å². The highest BCUT2D eigenvalue weighted by Gasteiger charge is 2.17. The summed E-state index contributed by atoms with van der Waals surface area (Å²) in [7, 11) is 0. The highest BCUT2D eigenvalue weighted by atomic mass is 16.2. The lowest BCUT2D eigenvalue weighted by atomic mass is 9.83. The highest BCUT2D eigenvalue weighted by molar-refractivity contribution is 5.76. The smallest absolute Gasteiger partial charge is 0.223 e. The van der Waals surface area contributed by atoms with Gasteiger partial charge in [-0.3, -0.25) is 4.79 Å². The van der Waals surface area contributed by atoms with Gasteiger partial charge in [0.25, 0.3) is 0 Å². The quantitative estimate of drug-likeness (QED) is 0.708. The summed E-state index contributed by atoms with van der Waals surface area (Å²) in [5.41, 5.74) is 0. The van der Waals surface area contributed by atoms with Gasteiger partial charge >= 0.3 is 0 Å². The number of nitrogens with zero attached hydrogens (tertiary/aromatic N) is 1. The molecule has 18 heavy (non-hydrogen) atoms. The van der Waals surface area contributed by atoms with Crippen LogP contribution in [0.15, 0.2) is 0 Å². The molecule has 0 aromatic rings. The molecular weight excluding hydrogens is 224 g/mol. The second kappa shape index (κ2) is 8.52. The van der Waals surface area contributed by atoms with Crippen LogP contribution in [0, 0.1) is 11.8 Å². The van der Waals surface area contributed by atoms with E-state index in [1.165, 1.54) is 25.7 Å². The van der Waals surface area contributed by atoms with Gasteiger partial charge in [-0.05, 0) is 45.1 Å². The number of carbonyl (C=O) groups is 1. The summed E-state index contributed by atoms with van der Waals surface area (Å²) in [6.07, 6.45) is 6.12. The summed E-state index contributed by atoms with van der Waals surface area (Å²) in [4.78, 5) is 13.7. The third kappa shape index (κ3) is 5.38. The topological polar surface area (TPSA) is 32.3 Å². The van der Waals surface area contributed by atoms with Gasteiger partial charge < -0.3 is 10.2 Å². The summed E-state index contributed by atoms with van der Waals surface area (Å²) >= 11 is 0. The number of amides is 1. The Labute approximate surface area is 112 Å². The third-order valence-electron chi connectivity index (χ3n) is 4.20. The van der Waals surface area contributed by atoms with Gasteiger partial charge in [0.1, 0.15) is 0 Å². The Balaban J connectivity index is 2.06. The molecule has 0 bridgehead atoms. The van der Waals surface area contributed by atoms with Crippen molar-refractivity contribution in [2.45, 2.75) is 52.9 Å². The van der Waals surface area contributed by atoms with Crippen LogP contribution >= 0.6 is 0 Å². The van der Waals surface area contributed by atoms with Crippen LogP contribution in [0.25, 0.3) is 0 Å². The maximum atomic E-state index is 11.8. The molecule has 1 aliphatic carbocycles. The van der Waals surface area contributed by atoms with Crippen molar-refractivity contribution < 1.29 is 4.79 Å². The zero-order valence-corrected chi connectivity index (χ0v) is 12.4. The van der Waals surface area contributed by atoms with Gasteiger partial charge in [-0.15, -0.1) is 0 Å².